The summed E-state index contributed by atoms with van der Waals surface area (Å²) < 4.78 is 15.8. The molecule has 2 aromatic carbocycles. The van der Waals surface area contributed by atoms with Gasteiger partial charge >= 0.3 is 0 Å². The molecule has 0 aliphatic carbocycles. The Balaban J connectivity index is 2.04. The number of hydrogen-bond acceptors (Lipinski definition) is 3. The first-order valence-electron chi connectivity index (χ1n) is 6.28. The zero-order valence-corrected chi connectivity index (χ0v) is 12.2. The minimum absolute atomic E-state index is 0.310. The fourth-order valence-electron chi connectivity index (χ4n) is 2.28. The van der Waals surface area contributed by atoms with Gasteiger partial charge < -0.3 is 0 Å². The molecule has 6 heteroatoms. The van der Waals surface area contributed by atoms with Gasteiger partial charge in [-0.1, -0.05) is 18.2 Å². The summed E-state index contributed by atoms with van der Waals surface area (Å²) in [4.78, 5) is 8.88. The molecule has 4 rings (SSSR count). The number of halogens is 2. The average Bonchev–Trinajstić information content (AvgIpc) is 2.91. The van der Waals surface area contributed by atoms with Crippen molar-refractivity contribution in [1.29, 1.82) is 0 Å². The van der Waals surface area contributed by atoms with Crippen LogP contribution in [0.5, 0.6) is 0 Å². The molecular weight excluding hydrogens is 335 g/mol. The molecule has 2 aromatic heterocycles. The van der Waals surface area contributed by atoms with Gasteiger partial charge in [-0.05, 0) is 40.2 Å². The van der Waals surface area contributed by atoms with Crippen LogP contribution in [0.3, 0.4) is 0 Å². The van der Waals surface area contributed by atoms with Crippen molar-refractivity contribution < 1.29 is 4.39 Å². The normalized spacial score (nSPS) is 11.3. The van der Waals surface area contributed by atoms with Crippen LogP contribution in [0.15, 0.2) is 53.3 Å². The molecule has 0 radical (unpaired) electrons. The highest BCUT2D eigenvalue weighted by molar-refractivity contribution is 9.10. The molecule has 0 atom stereocenters. The second-order valence-electron chi connectivity index (χ2n) is 4.59. The van der Waals surface area contributed by atoms with Crippen LogP contribution in [0.1, 0.15) is 0 Å². The highest BCUT2D eigenvalue weighted by atomic mass is 79.9. The summed E-state index contributed by atoms with van der Waals surface area (Å²) in [6, 6.07) is 12.0. The topological polar surface area (TPSA) is 43.1 Å². The molecule has 2 heterocycles. The Morgan fingerprint density at radius 3 is 2.81 bits per heavy atom. The summed E-state index contributed by atoms with van der Waals surface area (Å²) in [6.45, 7) is 0. The minimum atomic E-state index is -0.310. The SMILES string of the molecule is Fc1cccc(-c2nc3c4c(Br)cccc4ncn3n2)c1. The van der Waals surface area contributed by atoms with Crippen LogP contribution in [0.4, 0.5) is 4.39 Å². The Bertz CT molecular complexity index is 980. The second-order valence-corrected chi connectivity index (χ2v) is 5.45. The van der Waals surface area contributed by atoms with Crippen molar-refractivity contribution >= 4 is 32.5 Å². The third-order valence-electron chi connectivity index (χ3n) is 3.24. The molecular formula is C15H8BrFN4. The predicted octanol–water partition coefficient (Wildman–Crippen LogP) is 3.85. The molecule has 0 amide bonds. The van der Waals surface area contributed by atoms with Crippen LogP contribution in [-0.2, 0) is 0 Å². The van der Waals surface area contributed by atoms with Crippen molar-refractivity contribution in [3.8, 4) is 11.4 Å². The zero-order valence-electron chi connectivity index (χ0n) is 10.7. The van der Waals surface area contributed by atoms with Crippen molar-refractivity contribution in [3.63, 3.8) is 0 Å². The standard InChI is InChI=1S/C15H8BrFN4/c16-11-5-2-6-12-13(11)15-19-14(20-21(15)8-18-12)9-3-1-4-10(17)7-9/h1-8H. The molecule has 0 aliphatic heterocycles. The minimum Gasteiger partial charge on any atom is -0.236 e. The molecule has 4 nitrogen and oxygen atoms in total. The molecule has 0 fully saturated rings. The maximum atomic E-state index is 13.3. The molecule has 0 N–H and O–H groups in total. The first-order valence-corrected chi connectivity index (χ1v) is 7.07. The van der Waals surface area contributed by atoms with Gasteiger partial charge in [-0.2, -0.15) is 0 Å². The van der Waals surface area contributed by atoms with Gasteiger partial charge in [-0.25, -0.2) is 18.9 Å². The largest absolute Gasteiger partial charge is 0.236 e. The highest BCUT2D eigenvalue weighted by Crippen LogP contribution is 2.27. The monoisotopic (exact) mass is 342 g/mol. The predicted molar refractivity (Wildman–Crippen MR) is 81.4 cm³/mol. The molecule has 0 bridgehead atoms. The summed E-state index contributed by atoms with van der Waals surface area (Å²) in [5.74, 6) is 0.162. The van der Waals surface area contributed by atoms with E-state index in [1.54, 1.807) is 23.0 Å². The summed E-state index contributed by atoms with van der Waals surface area (Å²) in [5, 5.41) is 5.26. The number of nitrogens with zero attached hydrogens (tertiary/aromatic N) is 4. The van der Waals surface area contributed by atoms with Crippen LogP contribution in [0.25, 0.3) is 27.9 Å². The smallest absolute Gasteiger partial charge is 0.182 e. The summed E-state index contributed by atoms with van der Waals surface area (Å²) in [6.07, 6.45) is 1.61. The maximum Gasteiger partial charge on any atom is 0.182 e. The Kier molecular flexibility index (Phi) is 2.71. The number of hydrogen-bond donors (Lipinski definition) is 0. The lowest BCUT2D eigenvalue weighted by Gasteiger charge is -2.00. The fraction of sp³-hybridized carbons (Fsp3) is 0. The van der Waals surface area contributed by atoms with Crippen molar-refractivity contribution in [1.82, 2.24) is 19.6 Å². The van der Waals surface area contributed by atoms with E-state index in [1.165, 1.54) is 12.1 Å². The third-order valence-corrected chi connectivity index (χ3v) is 3.90. The van der Waals surface area contributed by atoms with E-state index < -0.39 is 0 Å². The van der Waals surface area contributed by atoms with Crippen LogP contribution >= 0.6 is 15.9 Å². The Labute approximate surface area is 127 Å². The average molecular weight is 343 g/mol. The van der Waals surface area contributed by atoms with Crippen molar-refractivity contribution in [2.75, 3.05) is 0 Å². The van der Waals surface area contributed by atoms with Gasteiger partial charge in [0.25, 0.3) is 0 Å². The molecule has 0 aliphatic rings. The van der Waals surface area contributed by atoms with E-state index >= 15 is 0 Å². The van der Waals surface area contributed by atoms with Gasteiger partial charge in [0.1, 0.15) is 12.1 Å². The van der Waals surface area contributed by atoms with Crippen LogP contribution in [0.2, 0.25) is 0 Å². The molecule has 0 saturated heterocycles. The van der Waals surface area contributed by atoms with Gasteiger partial charge in [-0.3, -0.25) is 0 Å². The quantitative estimate of drug-likeness (QED) is 0.527. The molecule has 0 unspecified atom stereocenters. The fourth-order valence-corrected chi connectivity index (χ4v) is 2.82. The lowest BCUT2D eigenvalue weighted by molar-refractivity contribution is 0.628. The number of aromatic nitrogens is 4. The van der Waals surface area contributed by atoms with Crippen molar-refractivity contribution in [2.24, 2.45) is 0 Å². The zero-order chi connectivity index (χ0) is 14.4. The lowest BCUT2D eigenvalue weighted by Crippen LogP contribution is -1.91. The molecule has 0 saturated carbocycles. The van der Waals surface area contributed by atoms with E-state index in [-0.39, 0.29) is 5.82 Å². The number of fused-ring (bicyclic) bond motifs is 3. The van der Waals surface area contributed by atoms with E-state index in [2.05, 4.69) is 31.0 Å². The van der Waals surface area contributed by atoms with Crippen molar-refractivity contribution in [2.45, 2.75) is 0 Å². The lowest BCUT2D eigenvalue weighted by atomic mass is 10.2. The third kappa shape index (κ3) is 1.99. The van der Waals surface area contributed by atoms with Gasteiger partial charge in [0, 0.05) is 10.0 Å². The van der Waals surface area contributed by atoms with E-state index in [0.29, 0.717) is 17.0 Å². The Morgan fingerprint density at radius 2 is 1.95 bits per heavy atom. The summed E-state index contributed by atoms with van der Waals surface area (Å²) >= 11 is 3.51. The van der Waals surface area contributed by atoms with E-state index in [1.807, 2.05) is 18.2 Å². The molecule has 21 heavy (non-hydrogen) atoms. The Hall–Kier alpha value is -2.34. The summed E-state index contributed by atoms with van der Waals surface area (Å²) in [5.41, 5.74) is 2.15. The molecule has 102 valence electrons. The Morgan fingerprint density at radius 1 is 1.10 bits per heavy atom. The van der Waals surface area contributed by atoms with E-state index in [9.17, 15) is 4.39 Å². The first kappa shape index (κ1) is 12.4. The highest BCUT2D eigenvalue weighted by Gasteiger charge is 2.12. The van der Waals surface area contributed by atoms with E-state index in [4.69, 9.17) is 0 Å². The van der Waals surface area contributed by atoms with Crippen LogP contribution in [-0.4, -0.2) is 19.6 Å². The molecule has 4 aromatic rings. The van der Waals surface area contributed by atoms with E-state index in [0.717, 1.165) is 15.4 Å². The summed E-state index contributed by atoms with van der Waals surface area (Å²) in [7, 11) is 0. The second kappa shape index (κ2) is 4.60. The van der Waals surface area contributed by atoms with Gasteiger partial charge in [-0.15, -0.1) is 5.10 Å². The van der Waals surface area contributed by atoms with Gasteiger partial charge in [0.05, 0.1) is 10.9 Å². The molecule has 0 spiro atoms. The number of benzene rings is 2. The van der Waals surface area contributed by atoms with Gasteiger partial charge in [0.15, 0.2) is 11.5 Å². The first-order chi connectivity index (χ1) is 10.2. The van der Waals surface area contributed by atoms with Crippen molar-refractivity contribution in [3.05, 3.63) is 59.1 Å². The van der Waals surface area contributed by atoms with Crippen LogP contribution < -0.4 is 0 Å². The van der Waals surface area contributed by atoms with Crippen LogP contribution in [0, 0.1) is 5.82 Å². The van der Waals surface area contributed by atoms with Gasteiger partial charge in [0.2, 0.25) is 0 Å². The maximum absolute atomic E-state index is 13.3. The number of rotatable bonds is 1.